The molecule has 0 radical (unpaired) electrons. The molecule has 0 aliphatic carbocycles. The van der Waals surface area contributed by atoms with Crippen molar-refractivity contribution in [2.24, 2.45) is 0 Å². The molecule has 0 heterocycles. The van der Waals surface area contributed by atoms with Crippen molar-refractivity contribution < 1.29 is 37.7 Å². The summed E-state index contributed by atoms with van der Waals surface area (Å²) in [6.45, 7) is 0. The van der Waals surface area contributed by atoms with Crippen molar-refractivity contribution in [2.45, 2.75) is 5.92 Å². The van der Waals surface area contributed by atoms with Crippen molar-refractivity contribution in [1.29, 1.82) is 5.26 Å². The minimum Gasteiger partial charge on any atom is -0.197 e. The van der Waals surface area contributed by atoms with Crippen LogP contribution in [0.15, 0.2) is 60.7 Å². The maximum absolute atomic E-state index is 9.18. The maximum Gasteiger partial charge on any atom is 0.0962 e. The fraction of sp³-hybridized carbons (Fsp3) is 0.0714. The topological polar surface area (TPSA) is 23.8 Å². The van der Waals surface area contributed by atoms with Crippen LogP contribution in [-0.2, 0) is 0 Å². The summed E-state index contributed by atoms with van der Waals surface area (Å²) in [4.78, 5) is 0. The molecule has 0 unspecified atom stereocenters. The van der Waals surface area contributed by atoms with Crippen molar-refractivity contribution in [3.8, 4) is 6.07 Å². The molecular formula is C14H11ArN. The molecule has 0 aliphatic heterocycles. The summed E-state index contributed by atoms with van der Waals surface area (Å²) < 4.78 is 0. The summed E-state index contributed by atoms with van der Waals surface area (Å²) in [5, 5.41) is 9.18. The molecule has 0 bridgehead atoms. The van der Waals surface area contributed by atoms with Gasteiger partial charge in [-0.05, 0) is 11.1 Å². The van der Waals surface area contributed by atoms with Crippen molar-refractivity contribution in [3.63, 3.8) is 0 Å². The van der Waals surface area contributed by atoms with E-state index in [1.165, 1.54) is 0 Å². The molecular weight excluding hydrogens is 222 g/mol. The molecule has 2 aromatic rings. The van der Waals surface area contributed by atoms with Crippen molar-refractivity contribution >= 4 is 0 Å². The van der Waals surface area contributed by atoms with E-state index in [4.69, 9.17) is 0 Å². The van der Waals surface area contributed by atoms with E-state index in [1.54, 1.807) is 0 Å². The Bertz CT molecular complexity index is 420. The van der Waals surface area contributed by atoms with Crippen LogP contribution in [0.4, 0.5) is 0 Å². The molecule has 0 spiro atoms. The average molecular weight is 233 g/mol. The molecule has 0 aromatic heterocycles. The molecule has 0 saturated carbocycles. The smallest absolute Gasteiger partial charge is 0.0962 e. The van der Waals surface area contributed by atoms with E-state index in [9.17, 15) is 5.26 Å². The normalized spacial score (nSPS) is 9.25. The molecule has 80 valence electrons. The molecule has 0 amide bonds. The summed E-state index contributed by atoms with van der Waals surface area (Å²) in [6, 6.07) is 22.0. The number of nitrogens with zero attached hydrogens (tertiary/aromatic N) is 1. The molecule has 2 heteroatoms. The second kappa shape index (κ2) is 6.70. The molecule has 0 N–H and O–H groups in total. The van der Waals surface area contributed by atoms with Gasteiger partial charge in [0.25, 0.3) is 0 Å². The maximum atomic E-state index is 9.18. The van der Waals surface area contributed by atoms with Gasteiger partial charge in [0.2, 0.25) is 0 Å². The molecule has 2 rings (SSSR count). The molecule has 0 atom stereocenters. The van der Waals surface area contributed by atoms with Gasteiger partial charge in [-0.1, -0.05) is 60.7 Å². The van der Waals surface area contributed by atoms with E-state index in [-0.39, 0.29) is 43.7 Å². The molecule has 0 fully saturated rings. The third-order valence-electron chi connectivity index (χ3n) is 2.39. The van der Waals surface area contributed by atoms with Gasteiger partial charge in [-0.25, -0.2) is 0 Å². The van der Waals surface area contributed by atoms with Gasteiger partial charge in [0, 0.05) is 37.7 Å². The Labute approximate surface area is 126 Å². The first kappa shape index (κ1) is 13.3. The van der Waals surface area contributed by atoms with Gasteiger partial charge in [0.05, 0.1) is 12.0 Å². The monoisotopic (exact) mass is 233 g/mol. The van der Waals surface area contributed by atoms with Gasteiger partial charge >= 0.3 is 0 Å². The summed E-state index contributed by atoms with van der Waals surface area (Å²) in [6.07, 6.45) is 0. The number of nitriles is 1. The Morgan fingerprint density at radius 3 is 1.44 bits per heavy atom. The summed E-state index contributed by atoms with van der Waals surface area (Å²) >= 11 is 0. The molecule has 1 nitrogen and oxygen atoms in total. The number of hydrogen-bond acceptors (Lipinski definition) is 1. The zero-order valence-electron chi connectivity index (χ0n) is 8.65. The summed E-state index contributed by atoms with van der Waals surface area (Å²) in [5.41, 5.74) is 2.09. The van der Waals surface area contributed by atoms with Crippen LogP contribution in [0.2, 0.25) is 0 Å². The zero-order chi connectivity index (χ0) is 10.5. The largest absolute Gasteiger partial charge is 0.197 e. The van der Waals surface area contributed by atoms with Crippen molar-refractivity contribution in [2.75, 3.05) is 0 Å². The van der Waals surface area contributed by atoms with E-state index in [0.29, 0.717) is 0 Å². The third kappa shape index (κ3) is 3.09. The van der Waals surface area contributed by atoms with Crippen molar-refractivity contribution in [1.82, 2.24) is 0 Å². The number of rotatable bonds is 2. The van der Waals surface area contributed by atoms with E-state index < -0.39 is 0 Å². The predicted octanol–water partition coefficient (Wildman–Crippen LogP) is 3.34. The fourth-order valence-corrected chi connectivity index (χ4v) is 1.63. The van der Waals surface area contributed by atoms with E-state index in [2.05, 4.69) is 6.07 Å². The Hall–Kier alpha value is -0.810. The first-order valence-corrected chi connectivity index (χ1v) is 4.91. The Kier molecular flexibility index (Phi) is 5.55. The third-order valence-corrected chi connectivity index (χ3v) is 2.39. The van der Waals surface area contributed by atoms with Crippen LogP contribution >= 0.6 is 0 Å². The quantitative estimate of drug-likeness (QED) is 0.780. The van der Waals surface area contributed by atoms with Crippen molar-refractivity contribution in [3.05, 3.63) is 71.8 Å². The number of hydrogen-bond donors (Lipinski definition) is 0. The first-order valence-electron chi connectivity index (χ1n) is 4.91. The Morgan fingerprint density at radius 1 is 0.750 bits per heavy atom. The zero-order valence-corrected chi connectivity index (χ0v) is 9.36. The first-order chi connectivity index (χ1) is 7.42. The molecule has 16 heavy (non-hydrogen) atoms. The standard InChI is InChI=1S/C14H11N.Ar/c15-11-14(12-7-3-1-4-8-12)13-9-5-2-6-10-13;/h1-10,14H;. The Balaban J connectivity index is 0.00000128. The molecule has 0 saturated heterocycles. The fourth-order valence-electron chi connectivity index (χ4n) is 1.63. The Morgan fingerprint density at radius 2 is 1.12 bits per heavy atom. The van der Waals surface area contributed by atoms with Crippen LogP contribution in [0, 0.1) is 49.1 Å². The minimum atomic E-state index is -0.160. The minimum absolute atomic E-state index is 0. The van der Waals surface area contributed by atoms with E-state index >= 15 is 0 Å². The van der Waals surface area contributed by atoms with Gasteiger partial charge in [-0.2, -0.15) is 5.26 Å². The average Bonchev–Trinajstić information content (AvgIpc) is 2.33. The van der Waals surface area contributed by atoms with Gasteiger partial charge in [-0.15, -0.1) is 0 Å². The predicted molar refractivity (Wildman–Crippen MR) is 60.3 cm³/mol. The summed E-state index contributed by atoms with van der Waals surface area (Å²) in [7, 11) is 0. The van der Waals surface area contributed by atoms with Crippen LogP contribution in [0.1, 0.15) is 17.0 Å². The van der Waals surface area contributed by atoms with E-state index in [0.717, 1.165) is 11.1 Å². The van der Waals surface area contributed by atoms with Crippen LogP contribution in [-0.4, -0.2) is 0 Å². The number of benzene rings is 2. The SMILES string of the molecule is N#CC(c1ccccc1)c1ccccc1.[Ar]. The van der Waals surface area contributed by atoms with Crippen LogP contribution in [0.25, 0.3) is 0 Å². The van der Waals surface area contributed by atoms with Gasteiger partial charge in [0.15, 0.2) is 0 Å². The van der Waals surface area contributed by atoms with Gasteiger partial charge in [0.1, 0.15) is 0 Å². The second-order valence-electron chi connectivity index (χ2n) is 3.38. The summed E-state index contributed by atoms with van der Waals surface area (Å²) in [5.74, 6) is -0.160. The van der Waals surface area contributed by atoms with Gasteiger partial charge in [-0.3, -0.25) is 0 Å². The van der Waals surface area contributed by atoms with Crippen LogP contribution in [0.3, 0.4) is 0 Å². The van der Waals surface area contributed by atoms with Gasteiger partial charge < -0.3 is 0 Å². The molecule has 2 aromatic carbocycles. The molecule has 0 aliphatic rings. The van der Waals surface area contributed by atoms with Crippen LogP contribution in [0.5, 0.6) is 0 Å². The second-order valence-corrected chi connectivity index (χ2v) is 3.38. The van der Waals surface area contributed by atoms with E-state index in [1.807, 2.05) is 60.7 Å². The van der Waals surface area contributed by atoms with Crippen LogP contribution < -0.4 is 0 Å².